The number of carbonyl (C=O) groups is 1. The summed E-state index contributed by atoms with van der Waals surface area (Å²) in [5.74, 6) is -0.217. The van der Waals surface area contributed by atoms with E-state index in [2.05, 4.69) is 10.3 Å². The Kier molecular flexibility index (Phi) is 5.48. The minimum Gasteiger partial charge on any atom is -0.354 e. The van der Waals surface area contributed by atoms with E-state index >= 15 is 0 Å². The van der Waals surface area contributed by atoms with Gasteiger partial charge in [0.2, 0.25) is 0 Å². The van der Waals surface area contributed by atoms with Gasteiger partial charge in [0, 0.05) is 43.3 Å². The molecule has 174 valence electrons. The van der Waals surface area contributed by atoms with Crippen LogP contribution in [0.2, 0.25) is 10.0 Å². The summed E-state index contributed by atoms with van der Waals surface area (Å²) in [6, 6.07) is 29.5. The van der Waals surface area contributed by atoms with Crippen LogP contribution in [0.3, 0.4) is 0 Å². The zero-order valence-electron chi connectivity index (χ0n) is 18.8. The second kappa shape index (κ2) is 8.83. The summed E-state index contributed by atoms with van der Waals surface area (Å²) in [6.45, 7) is 0. The van der Waals surface area contributed by atoms with Crippen molar-refractivity contribution in [1.82, 2.24) is 4.98 Å². The molecule has 0 spiro atoms. The molecule has 1 aliphatic rings. The molecule has 4 aromatic carbocycles. The molecule has 2 N–H and O–H groups in total. The standard InChI is InChI=1S/C30H18Cl2N2O2/c31-18-10-13-20(14-11-18)33-28-21-8-4-5-9-22(21)29(35)27(28)26-25(17-6-2-1-3-7-17)23-16-19(32)12-15-24(23)34-30(26)36/h1-16,33H,(H,34,36). The predicted molar refractivity (Wildman–Crippen MR) is 148 cm³/mol. The van der Waals surface area contributed by atoms with E-state index in [1.165, 1.54) is 0 Å². The molecule has 0 saturated carbocycles. The second-order valence-electron chi connectivity index (χ2n) is 8.52. The van der Waals surface area contributed by atoms with E-state index in [0.717, 1.165) is 22.2 Å². The smallest absolute Gasteiger partial charge is 0.257 e. The van der Waals surface area contributed by atoms with Gasteiger partial charge in [0.25, 0.3) is 5.56 Å². The van der Waals surface area contributed by atoms with E-state index in [1.807, 2.05) is 66.7 Å². The van der Waals surface area contributed by atoms with Gasteiger partial charge in [0.15, 0.2) is 5.78 Å². The van der Waals surface area contributed by atoms with Gasteiger partial charge in [-0.2, -0.15) is 0 Å². The van der Waals surface area contributed by atoms with Gasteiger partial charge in [-0.15, -0.1) is 0 Å². The lowest BCUT2D eigenvalue weighted by atomic mass is 9.90. The number of carbonyl (C=O) groups excluding carboxylic acids is 1. The number of hydrogen-bond acceptors (Lipinski definition) is 3. The zero-order valence-corrected chi connectivity index (χ0v) is 20.3. The van der Waals surface area contributed by atoms with Crippen molar-refractivity contribution in [3.8, 4) is 11.1 Å². The topological polar surface area (TPSA) is 62.0 Å². The molecule has 0 radical (unpaired) electrons. The summed E-state index contributed by atoms with van der Waals surface area (Å²) in [5, 5.41) is 5.28. The quantitative estimate of drug-likeness (QED) is 0.261. The molecule has 0 fully saturated rings. The third-order valence-electron chi connectivity index (χ3n) is 6.32. The number of ketones is 1. The fourth-order valence-corrected chi connectivity index (χ4v) is 5.03. The first-order valence-electron chi connectivity index (χ1n) is 11.3. The Hall–Kier alpha value is -4.12. The van der Waals surface area contributed by atoms with Crippen molar-refractivity contribution in [2.24, 2.45) is 0 Å². The number of rotatable bonds is 4. The van der Waals surface area contributed by atoms with Crippen molar-refractivity contribution in [2.45, 2.75) is 0 Å². The number of allylic oxidation sites excluding steroid dienone is 1. The van der Waals surface area contributed by atoms with Gasteiger partial charge in [-0.1, -0.05) is 77.8 Å². The number of nitrogens with one attached hydrogen (secondary N) is 2. The molecule has 6 heteroatoms. The highest BCUT2D eigenvalue weighted by molar-refractivity contribution is 6.42. The minimum absolute atomic E-state index is 0.217. The molecule has 0 aliphatic heterocycles. The van der Waals surface area contributed by atoms with Gasteiger partial charge in [-0.25, -0.2) is 0 Å². The fraction of sp³-hybridized carbons (Fsp3) is 0. The van der Waals surface area contributed by atoms with Crippen molar-refractivity contribution in [2.75, 3.05) is 5.32 Å². The van der Waals surface area contributed by atoms with Gasteiger partial charge in [0.05, 0.1) is 16.8 Å². The van der Waals surface area contributed by atoms with Crippen LogP contribution in [0.25, 0.3) is 33.3 Å². The molecule has 6 rings (SSSR count). The van der Waals surface area contributed by atoms with Crippen LogP contribution >= 0.6 is 23.2 Å². The van der Waals surface area contributed by atoms with Crippen LogP contribution in [0, 0.1) is 0 Å². The SMILES string of the molecule is O=C1C(c2c(-c3ccccc3)c3cc(Cl)ccc3[nH]c2=O)=C(Nc2ccc(Cl)cc2)c2ccccc21. The van der Waals surface area contributed by atoms with Crippen LogP contribution < -0.4 is 10.9 Å². The number of aromatic nitrogens is 1. The maximum absolute atomic E-state index is 13.9. The van der Waals surface area contributed by atoms with E-state index in [4.69, 9.17) is 23.2 Å². The zero-order chi connectivity index (χ0) is 24.8. The Bertz CT molecular complexity index is 1750. The highest BCUT2D eigenvalue weighted by Crippen LogP contribution is 2.42. The number of H-pyrrole nitrogens is 1. The Morgan fingerprint density at radius 1 is 0.667 bits per heavy atom. The van der Waals surface area contributed by atoms with E-state index in [9.17, 15) is 9.59 Å². The second-order valence-corrected chi connectivity index (χ2v) is 9.39. The van der Waals surface area contributed by atoms with Gasteiger partial charge in [-0.3, -0.25) is 9.59 Å². The van der Waals surface area contributed by atoms with Crippen LogP contribution in [-0.2, 0) is 0 Å². The average molecular weight is 509 g/mol. The van der Waals surface area contributed by atoms with Crippen molar-refractivity contribution >= 4 is 56.8 Å². The molecular weight excluding hydrogens is 491 g/mol. The number of Topliss-reactive ketones (excluding diaryl/α,β-unsaturated/α-hetero) is 1. The molecular formula is C30H18Cl2N2O2. The first kappa shape index (κ1) is 22.4. The van der Waals surface area contributed by atoms with Crippen LogP contribution in [0.15, 0.2) is 102 Å². The molecule has 0 bridgehead atoms. The Morgan fingerprint density at radius 2 is 1.33 bits per heavy atom. The van der Waals surface area contributed by atoms with Gasteiger partial charge in [0.1, 0.15) is 0 Å². The summed E-state index contributed by atoms with van der Waals surface area (Å²) < 4.78 is 0. The highest BCUT2D eigenvalue weighted by atomic mass is 35.5. The normalized spacial score (nSPS) is 12.8. The molecule has 1 aromatic heterocycles. The van der Waals surface area contributed by atoms with Crippen molar-refractivity contribution in [1.29, 1.82) is 0 Å². The Labute approximate surface area is 216 Å². The lowest BCUT2D eigenvalue weighted by Crippen LogP contribution is -2.17. The van der Waals surface area contributed by atoms with E-state index in [1.54, 1.807) is 30.3 Å². The Morgan fingerprint density at radius 3 is 2.08 bits per heavy atom. The first-order chi connectivity index (χ1) is 17.5. The molecule has 1 aliphatic carbocycles. The number of halogens is 2. The van der Waals surface area contributed by atoms with Gasteiger partial charge < -0.3 is 10.3 Å². The lowest BCUT2D eigenvalue weighted by Gasteiger charge is -2.16. The summed E-state index contributed by atoms with van der Waals surface area (Å²) in [7, 11) is 0. The molecule has 5 aromatic rings. The fourth-order valence-electron chi connectivity index (χ4n) is 4.74. The van der Waals surface area contributed by atoms with Crippen molar-refractivity contribution < 1.29 is 4.79 Å². The summed E-state index contributed by atoms with van der Waals surface area (Å²) in [5.41, 5.74) is 4.96. The van der Waals surface area contributed by atoms with Gasteiger partial charge in [-0.05, 0) is 48.0 Å². The third kappa shape index (κ3) is 3.72. The lowest BCUT2D eigenvalue weighted by molar-refractivity contribution is 0.105. The monoisotopic (exact) mass is 508 g/mol. The minimum atomic E-state index is -0.352. The predicted octanol–water partition coefficient (Wildman–Crippen LogP) is 7.68. The third-order valence-corrected chi connectivity index (χ3v) is 6.81. The molecule has 0 unspecified atom stereocenters. The molecule has 4 nitrogen and oxygen atoms in total. The number of fused-ring (bicyclic) bond motifs is 2. The number of benzene rings is 4. The molecule has 0 atom stereocenters. The van der Waals surface area contributed by atoms with E-state index in [0.29, 0.717) is 43.5 Å². The Balaban J connectivity index is 1.71. The first-order valence-corrected chi connectivity index (χ1v) is 12.1. The summed E-state index contributed by atoms with van der Waals surface area (Å²) in [6.07, 6.45) is 0. The molecule has 0 saturated heterocycles. The maximum Gasteiger partial charge on any atom is 0.257 e. The van der Waals surface area contributed by atoms with Crippen LogP contribution in [0.1, 0.15) is 21.5 Å². The van der Waals surface area contributed by atoms with Crippen molar-refractivity contribution in [3.05, 3.63) is 134 Å². The summed E-state index contributed by atoms with van der Waals surface area (Å²) >= 11 is 12.5. The largest absolute Gasteiger partial charge is 0.354 e. The number of aromatic amines is 1. The molecule has 36 heavy (non-hydrogen) atoms. The number of hydrogen-bond donors (Lipinski definition) is 2. The number of anilines is 1. The van der Waals surface area contributed by atoms with Crippen LogP contribution in [-0.4, -0.2) is 10.8 Å². The maximum atomic E-state index is 13.9. The molecule has 1 heterocycles. The molecule has 0 amide bonds. The average Bonchev–Trinajstić information content (AvgIpc) is 3.16. The van der Waals surface area contributed by atoms with Crippen molar-refractivity contribution in [3.63, 3.8) is 0 Å². The highest BCUT2D eigenvalue weighted by Gasteiger charge is 2.34. The number of pyridine rings is 1. The van der Waals surface area contributed by atoms with Crippen LogP contribution in [0.5, 0.6) is 0 Å². The van der Waals surface area contributed by atoms with E-state index in [-0.39, 0.29) is 11.3 Å². The van der Waals surface area contributed by atoms with Crippen LogP contribution in [0.4, 0.5) is 5.69 Å². The van der Waals surface area contributed by atoms with E-state index < -0.39 is 0 Å². The summed E-state index contributed by atoms with van der Waals surface area (Å²) in [4.78, 5) is 30.6. The van der Waals surface area contributed by atoms with Gasteiger partial charge >= 0.3 is 0 Å².